The molecule has 1 saturated heterocycles. The number of carbonyl (C=O) groups excluding carboxylic acids is 1. The summed E-state index contributed by atoms with van der Waals surface area (Å²) in [5, 5.41) is 8.08. The van der Waals surface area contributed by atoms with Crippen molar-refractivity contribution in [3.05, 3.63) is 45.5 Å². The van der Waals surface area contributed by atoms with Gasteiger partial charge in [-0.15, -0.1) is 10.2 Å². The van der Waals surface area contributed by atoms with Crippen LogP contribution in [0.2, 0.25) is 0 Å². The number of nitrogens with zero attached hydrogens (tertiary/aromatic N) is 3. The number of hydrogen-bond acceptors (Lipinski definition) is 6. The molecule has 3 heterocycles. The van der Waals surface area contributed by atoms with Crippen LogP contribution in [-0.4, -0.2) is 45.7 Å². The zero-order chi connectivity index (χ0) is 17.3. The van der Waals surface area contributed by atoms with E-state index in [1.807, 2.05) is 13.8 Å². The topological polar surface area (TPSA) is 101 Å². The summed E-state index contributed by atoms with van der Waals surface area (Å²) in [4.78, 5) is 28.7. The zero-order valence-electron chi connectivity index (χ0n) is 13.9. The maximum atomic E-state index is 12.9. The number of ether oxygens (including phenoxy) is 1. The smallest absolute Gasteiger partial charge is 0.254 e. The highest BCUT2D eigenvalue weighted by Crippen LogP contribution is 2.26. The van der Waals surface area contributed by atoms with Crippen LogP contribution in [0.1, 0.15) is 53.6 Å². The normalized spacial score (nSPS) is 18.2. The Hall–Kier alpha value is -2.48. The van der Waals surface area contributed by atoms with E-state index < -0.39 is 6.04 Å². The average molecular weight is 332 g/mol. The van der Waals surface area contributed by atoms with E-state index in [4.69, 9.17) is 9.15 Å². The van der Waals surface area contributed by atoms with Crippen LogP contribution in [0.5, 0.6) is 0 Å². The minimum Gasteiger partial charge on any atom is -0.423 e. The van der Waals surface area contributed by atoms with Crippen LogP contribution >= 0.6 is 0 Å². The maximum Gasteiger partial charge on any atom is 0.254 e. The fourth-order valence-electron chi connectivity index (χ4n) is 2.64. The van der Waals surface area contributed by atoms with Gasteiger partial charge >= 0.3 is 0 Å². The van der Waals surface area contributed by atoms with Crippen molar-refractivity contribution in [3.8, 4) is 0 Å². The van der Waals surface area contributed by atoms with Crippen LogP contribution < -0.4 is 5.56 Å². The number of carbonyl (C=O) groups is 1. The largest absolute Gasteiger partial charge is 0.423 e. The quantitative estimate of drug-likeness (QED) is 0.912. The third kappa shape index (κ3) is 3.23. The van der Waals surface area contributed by atoms with Gasteiger partial charge in [0.15, 0.2) is 0 Å². The van der Waals surface area contributed by atoms with Crippen molar-refractivity contribution in [2.24, 2.45) is 0 Å². The molecule has 0 aromatic carbocycles. The molecular formula is C16H20N4O4. The van der Waals surface area contributed by atoms with Crippen molar-refractivity contribution in [2.45, 2.75) is 32.7 Å². The highest BCUT2D eigenvalue weighted by atomic mass is 16.5. The Labute approximate surface area is 138 Å². The number of nitrogens with one attached hydrogen (secondary N) is 1. The van der Waals surface area contributed by atoms with Crippen molar-refractivity contribution in [3.63, 3.8) is 0 Å². The monoisotopic (exact) mass is 332 g/mol. The molecule has 128 valence electrons. The number of hydrogen-bond donors (Lipinski definition) is 1. The highest BCUT2D eigenvalue weighted by molar-refractivity contribution is 5.94. The number of morpholine rings is 1. The molecule has 0 spiro atoms. The number of H-pyrrole nitrogens is 1. The second-order valence-electron chi connectivity index (χ2n) is 6.14. The van der Waals surface area contributed by atoms with Crippen LogP contribution in [0, 0.1) is 6.92 Å². The molecule has 2 aromatic heterocycles. The van der Waals surface area contributed by atoms with E-state index in [1.165, 1.54) is 6.07 Å². The third-order valence-corrected chi connectivity index (χ3v) is 3.85. The molecule has 0 saturated carbocycles. The Bertz CT molecular complexity index is 795. The second kappa shape index (κ2) is 6.56. The Morgan fingerprint density at radius 2 is 2.17 bits per heavy atom. The number of aromatic nitrogens is 3. The van der Waals surface area contributed by atoms with Gasteiger partial charge in [-0.25, -0.2) is 0 Å². The zero-order valence-corrected chi connectivity index (χ0v) is 13.9. The first-order valence-electron chi connectivity index (χ1n) is 7.88. The van der Waals surface area contributed by atoms with Gasteiger partial charge in [0.05, 0.1) is 13.2 Å². The lowest BCUT2D eigenvalue weighted by Gasteiger charge is -2.33. The molecule has 1 atom stereocenters. The number of aryl methyl sites for hydroxylation is 1. The van der Waals surface area contributed by atoms with Gasteiger partial charge in [0.25, 0.3) is 5.91 Å². The summed E-state index contributed by atoms with van der Waals surface area (Å²) in [6.45, 7) is 6.76. The molecule has 1 N–H and O–H groups in total. The van der Waals surface area contributed by atoms with Gasteiger partial charge in [0, 0.05) is 29.8 Å². The molecule has 0 bridgehead atoms. The molecule has 2 aromatic rings. The summed E-state index contributed by atoms with van der Waals surface area (Å²) >= 11 is 0. The van der Waals surface area contributed by atoms with Crippen molar-refractivity contribution in [1.82, 2.24) is 20.1 Å². The van der Waals surface area contributed by atoms with E-state index in [0.717, 1.165) is 0 Å². The fraction of sp³-hybridized carbons (Fsp3) is 0.500. The van der Waals surface area contributed by atoms with Crippen LogP contribution in [0.4, 0.5) is 0 Å². The van der Waals surface area contributed by atoms with Crippen molar-refractivity contribution < 1.29 is 13.9 Å². The predicted molar refractivity (Wildman–Crippen MR) is 84.8 cm³/mol. The molecule has 3 rings (SSSR count). The molecule has 1 aliphatic heterocycles. The lowest BCUT2D eigenvalue weighted by Crippen LogP contribution is -2.43. The van der Waals surface area contributed by atoms with E-state index in [0.29, 0.717) is 36.2 Å². The van der Waals surface area contributed by atoms with Crippen molar-refractivity contribution in [1.29, 1.82) is 0 Å². The first kappa shape index (κ1) is 16.4. The number of aromatic amines is 1. The molecule has 24 heavy (non-hydrogen) atoms. The Kier molecular flexibility index (Phi) is 4.48. The standard InChI is InChI=1S/C16H20N4O4/c1-9(2)14-18-19-15(24-14)12-8-23-5-4-20(12)16(22)11-6-10(3)17-13(21)7-11/h6-7,9,12H,4-5,8H2,1-3H3,(H,17,21)/t12-/m0/s1. The third-order valence-electron chi connectivity index (χ3n) is 3.85. The number of pyridine rings is 1. The molecule has 1 aliphatic rings. The molecule has 1 fully saturated rings. The van der Waals surface area contributed by atoms with Gasteiger partial charge in [-0.2, -0.15) is 0 Å². The van der Waals surface area contributed by atoms with Gasteiger partial charge in [-0.05, 0) is 13.0 Å². The average Bonchev–Trinajstić information content (AvgIpc) is 3.03. The molecule has 8 heteroatoms. The summed E-state index contributed by atoms with van der Waals surface area (Å²) in [6.07, 6.45) is 0. The summed E-state index contributed by atoms with van der Waals surface area (Å²) in [6, 6.07) is 2.50. The minimum atomic E-state index is -0.453. The maximum absolute atomic E-state index is 12.9. The molecule has 0 aliphatic carbocycles. The summed E-state index contributed by atoms with van der Waals surface area (Å²) in [5.41, 5.74) is 0.672. The summed E-state index contributed by atoms with van der Waals surface area (Å²) < 4.78 is 11.2. The van der Waals surface area contributed by atoms with E-state index in [-0.39, 0.29) is 24.0 Å². The van der Waals surface area contributed by atoms with Crippen LogP contribution in [0.3, 0.4) is 0 Å². The molecule has 0 unspecified atom stereocenters. The first-order chi connectivity index (χ1) is 11.5. The van der Waals surface area contributed by atoms with Crippen LogP contribution in [-0.2, 0) is 4.74 Å². The lowest BCUT2D eigenvalue weighted by atomic mass is 10.1. The Morgan fingerprint density at radius 1 is 1.38 bits per heavy atom. The van der Waals surface area contributed by atoms with Crippen LogP contribution in [0.25, 0.3) is 0 Å². The second-order valence-corrected chi connectivity index (χ2v) is 6.14. The van der Waals surface area contributed by atoms with E-state index in [9.17, 15) is 9.59 Å². The Morgan fingerprint density at radius 3 is 2.83 bits per heavy atom. The minimum absolute atomic E-state index is 0.107. The first-order valence-corrected chi connectivity index (χ1v) is 7.88. The Balaban J connectivity index is 1.91. The van der Waals surface area contributed by atoms with Crippen molar-refractivity contribution in [2.75, 3.05) is 19.8 Å². The van der Waals surface area contributed by atoms with Crippen LogP contribution in [0.15, 0.2) is 21.3 Å². The molecule has 0 radical (unpaired) electrons. The fourth-order valence-corrected chi connectivity index (χ4v) is 2.64. The number of rotatable bonds is 3. The molecular weight excluding hydrogens is 312 g/mol. The SMILES string of the molecule is Cc1cc(C(=O)N2CCOC[C@H]2c2nnc(C(C)C)o2)cc(=O)[nH]1. The molecule has 1 amide bonds. The van der Waals surface area contributed by atoms with E-state index in [2.05, 4.69) is 15.2 Å². The van der Waals surface area contributed by atoms with Gasteiger partial charge in [0.1, 0.15) is 6.04 Å². The van der Waals surface area contributed by atoms with Crippen molar-refractivity contribution >= 4 is 5.91 Å². The van der Waals surface area contributed by atoms with Gasteiger partial charge in [-0.3, -0.25) is 9.59 Å². The van der Waals surface area contributed by atoms with Gasteiger partial charge in [0.2, 0.25) is 17.3 Å². The molecule has 8 nitrogen and oxygen atoms in total. The summed E-state index contributed by atoms with van der Waals surface area (Å²) in [5.74, 6) is 0.736. The van der Waals surface area contributed by atoms with E-state index >= 15 is 0 Å². The lowest BCUT2D eigenvalue weighted by molar-refractivity contribution is -0.0107. The highest BCUT2D eigenvalue weighted by Gasteiger charge is 2.33. The van der Waals surface area contributed by atoms with Gasteiger partial charge < -0.3 is 19.0 Å². The van der Waals surface area contributed by atoms with Gasteiger partial charge in [-0.1, -0.05) is 13.8 Å². The number of amides is 1. The van der Waals surface area contributed by atoms with E-state index in [1.54, 1.807) is 17.9 Å². The summed E-state index contributed by atoms with van der Waals surface area (Å²) in [7, 11) is 0. The predicted octanol–water partition coefficient (Wildman–Crippen LogP) is 1.40.